The first-order valence-corrected chi connectivity index (χ1v) is 4.36. The number of quaternary nitrogens is 1. The van der Waals surface area contributed by atoms with E-state index in [1.165, 1.54) is 0 Å². The Bertz CT molecular complexity index is 213. The third-order valence-electron chi connectivity index (χ3n) is 2.65. The fourth-order valence-corrected chi connectivity index (χ4v) is 1.25. The maximum absolute atomic E-state index is 11.6. The summed E-state index contributed by atoms with van der Waals surface area (Å²) < 4.78 is 0.529. The molecule has 3 nitrogen and oxygen atoms in total. The second-order valence-corrected chi connectivity index (χ2v) is 3.57. The zero-order chi connectivity index (χ0) is 9.19. The lowest BCUT2D eigenvalue weighted by Gasteiger charge is -2.28. The van der Waals surface area contributed by atoms with Crippen LogP contribution in [-0.4, -0.2) is 49.0 Å². The number of carbonyl (C=O) groups is 1. The van der Waals surface area contributed by atoms with E-state index in [4.69, 9.17) is 0 Å². The van der Waals surface area contributed by atoms with Crippen molar-refractivity contribution in [3.05, 3.63) is 12.3 Å². The molecule has 1 amide bonds. The van der Waals surface area contributed by atoms with Crippen LogP contribution in [0.1, 0.15) is 6.92 Å². The molecule has 1 aliphatic rings. The summed E-state index contributed by atoms with van der Waals surface area (Å²) in [6.45, 7) is 4.78. The lowest BCUT2D eigenvalue weighted by atomic mass is 10.3. The van der Waals surface area contributed by atoms with Crippen molar-refractivity contribution in [2.24, 2.45) is 0 Å². The number of likely N-dealkylation sites (N-methyl/N-ethyl adjacent to an activating group) is 2. The van der Waals surface area contributed by atoms with Crippen LogP contribution in [-0.2, 0) is 4.79 Å². The van der Waals surface area contributed by atoms with E-state index >= 15 is 0 Å². The molecule has 0 aromatic carbocycles. The summed E-state index contributed by atoms with van der Waals surface area (Å²) in [4.78, 5) is 13.6. The highest BCUT2D eigenvalue weighted by Gasteiger charge is 2.29. The molecular weight excluding hydrogens is 152 g/mol. The largest absolute Gasteiger partial charge is 0.374 e. The van der Waals surface area contributed by atoms with Gasteiger partial charge >= 0.3 is 5.91 Å². The molecule has 0 bridgehead atoms. The molecule has 0 aromatic heterocycles. The van der Waals surface area contributed by atoms with Gasteiger partial charge in [-0.05, 0) is 6.92 Å². The first-order chi connectivity index (χ1) is 5.58. The van der Waals surface area contributed by atoms with Crippen molar-refractivity contribution in [1.29, 1.82) is 0 Å². The van der Waals surface area contributed by atoms with Crippen LogP contribution >= 0.6 is 0 Å². The quantitative estimate of drug-likeness (QED) is 0.531. The first-order valence-electron chi connectivity index (χ1n) is 4.36. The van der Waals surface area contributed by atoms with E-state index in [0.717, 1.165) is 19.6 Å². The number of hydrogen-bond donors (Lipinski definition) is 0. The Labute approximate surface area is 73.9 Å². The van der Waals surface area contributed by atoms with Crippen LogP contribution in [0.15, 0.2) is 12.3 Å². The topological polar surface area (TPSA) is 20.3 Å². The molecule has 0 saturated carbocycles. The summed E-state index contributed by atoms with van der Waals surface area (Å²) in [5.74, 6) is 0.210. The van der Waals surface area contributed by atoms with Gasteiger partial charge in [0.05, 0.1) is 26.2 Å². The van der Waals surface area contributed by atoms with Crippen molar-refractivity contribution in [2.75, 3.05) is 33.7 Å². The third-order valence-corrected chi connectivity index (χ3v) is 2.65. The minimum Gasteiger partial charge on any atom is -0.374 e. The van der Waals surface area contributed by atoms with E-state index in [1.807, 2.05) is 20.3 Å². The van der Waals surface area contributed by atoms with Crippen molar-refractivity contribution in [3.63, 3.8) is 0 Å². The highest BCUT2D eigenvalue weighted by Crippen LogP contribution is 2.08. The summed E-state index contributed by atoms with van der Waals surface area (Å²) in [5, 5.41) is 0. The van der Waals surface area contributed by atoms with Crippen LogP contribution in [0.4, 0.5) is 0 Å². The summed E-state index contributed by atoms with van der Waals surface area (Å²) in [6.07, 6.45) is 3.54. The van der Waals surface area contributed by atoms with Gasteiger partial charge in [0.1, 0.15) is 6.54 Å². The predicted octanol–water partition coefficient (Wildman–Crippen LogP) is 0.439. The molecule has 0 aliphatic carbocycles. The first kappa shape index (κ1) is 9.26. The van der Waals surface area contributed by atoms with Gasteiger partial charge in [0, 0.05) is 13.2 Å². The number of hydrogen-bond acceptors (Lipinski definition) is 2. The summed E-state index contributed by atoms with van der Waals surface area (Å²) in [7, 11) is 3.99. The maximum atomic E-state index is 11.6. The maximum Gasteiger partial charge on any atom is 0.339 e. The molecule has 1 rings (SSSR count). The lowest BCUT2D eigenvalue weighted by Crippen LogP contribution is -2.50. The monoisotopic (exact) mass is 169 g/mol. The van der Waals surface area contributed by atoms with Crippen LogP contribution in [0.2, 0.25) is 0 Å². The molecule has 3 heteroatoms. The van der Waals surface area contributed by atoms with Gasteiger partial charge in [-0.3, -0.25) is 4.48 Å². The van der Waals surface area contributed by atoms with E-state index in [2.05, 4.69) is 11.8 Å². The van der Waals surface area contributed by atoms with Gasteiger partial charge in [-0.1, -0.05) is 0 Å². The van der Waals surface area contributed by atoms with Crippen molar-refractivity contribution in [3.8, 4) is 0 Å². The average Bonchev–Trinajstić information content (AvgIpc) is 2.19. The number of nitrogens with zero attached hydrogens (tertiary/aromatic N) is 2. The lowest BCUT2D eigenvalue weighted by molar-refractivity contribution is -0.829. The molecule has 0 N–H and O–H groups in total. The van der Waals surface area contributed by atoms with Crippen LogP contribution in [0.3, 0.4) is 0 Å². The molecule has 0 saturated heterocycles. The van der Waals surface area contributed by atoms with Crippen molar-refractivity contribution < 1.29 is 9.28 Å². The van der Waals surface area contributed by atoms with Gasteiger partial charge in [-0.25, -0.2) is 4.79 Å². The minimum absolute atomic E-state index is 0.210. The molecule has 0 spiro atoms. The van der Waals surface area contributed by atoms with Crippen molar-refractivity contribution in [1.82, 2.24) is 4.90 Å². The van der Waals surface area contributed by atoms with Gasteiger partial charge in [0.2, 0.25) is 0 Å². The second kappa shape index (κ2) is 3.27. The van der Waals surface area contributed by atoms with E-state index in [1.54, 1.807) is 6.08 Å². The Morgan fingerprint density at radius 1 is 1.67 bits per heavy atom. The van der Waals surface area contributed by atoms with Gasteiger partial charge in [0.25, 0.3) is 0 Å². The van der Waals surface area contributed by atoms with E-state index in [-0.39, 0.29) is 5.91 Å². The van der Waals surface area contributed by atoms with Crippen molar-refractivity contribution in [2.45, 2.75) is 6.92 Å². The smallest absolute Gasteiger partial charge is 0.339 e. The number of amides is 1. The number of carbonyl (C=O) groups excluding carboxylic acids is 1. The molecule has 12 heavy (non-hydrogen) atoms. The Hall–Kier alpha value is -0.830. The van der Waals surface area contributed by atoms with Crippen molar-refractivity contribution >= 4 is 5.91 Å². The third kappa shape index (κ3) is 1.67. The van der Waals surface area contributed by atoms with Crippen LogP contribution in [0.5, 0.6) is 0 Å². The average molecular weight is 169 g/mol. The standard InChI is InChI=1S/C9H17N2O/c1-4-11(3)8-7-10(2)6-5-9(11)12/h5-6H,4,7-8H2,1-3H3/q+1. The Balaban J connectivity index is 2.80. The Kier molecular flexibility index (Phi) is 2.52. The summed E-state index contributed by atoms with van der Waals surface area (Å²) in [5.41, 5.74) is 0. The fourth-order valence-electron chi connectivity index (χ4n) is 1.25. The molecule has 68 valence electrons. The molecule has 1 aliphatic heterocycles. The van der Waals surface area contributed by atoms with E-state index in [0.29, 0.717) is 4.48 Å². The Morgan fingerprint density at radius 2 is 2.33 bits per heavy atom. The highest BCUT2D eigenvalue weighted by atomic mass is 16.2. The molecule has 0 radical (unpaired) electrons. The normalized spacial score (nSPS) is 30.6. The van der Waals surface area contributed by atoms with Crippen LogP contribution in [0, 0.1) is 0 Å². The molecule has 1 atom stereocenters. The summed E-state index contributed by atoms with van der Waals surface area (Å²) >= 11 is 0. The SMILES string of the molecule is CC[N+]1(C)CCN(C)C=CC1=O. The highest BCUT2D eigenvalue weighted by molar-refractivity contribution is 5.81. The Morgan fingerprint density at radius 3 is 2.92 bits per heavy atom. The molecule has 0 aromatic rings. The van der Waals surface area contributed by atoms with Gasteiger partial charge in [0.15, 0.2) is 0 Å². The number of rotatable bonds is 1. The van der Waals surface area contributed by atoms with Crippen LogP contribution in [0.25, 0.3) is 0 Å². The zero-order valence-corrected chi connectivity index (χ0v) is 8.08. The van der Waals surface area contributed by atoms with Gasteiger partial charge < -0.3 is 4.90 Å². The molecular formula is C9H17N2O+. The molecule has 0 fully saturated rings. The summed E-state index contributed by atoms with van der Waals surface area (Å²) in [6, 6.07) is 0. The predicted molar refractivity (Wildman–Crippen MR) is 48.4 cm³/mol. The van der Waals surface area contributed by atoms with Gasteiger partial charge in [-0.15, -0.1) is 0 Å². The zero-order valence-electron chi connectivity index (χ0n) is 8.08. The second-order valence-electron chi connectivity index (χ2n) is 3.57. The molecule has 1 heterocycles. The van der Waals surface area contributed by atoms with E-state index < -0.39 is 0 Å². The molecule has 1 unspecified atom stereocenters. The fraction of sp³-hybridized carbons (Fsp3) is 0.667. The van der Waals surface area contributed by atoms with Crippen LogP contribution < -0.4 is 0 Å². The van der Waals surface area contributed by atoms with Gasteiger partial charge in [-0.2, -0.15) is 0 Å². The minimum atomic E-state index is 0.210. The van der Waals surface area contributed by atoms with E-state index in [9.17, 15) is 4.79 Å².